The second-order valence-corrected chi connectivity index (χ2v) is 4.75. The van der Waals surface area contributed by atoms with Gasteiger partial charge in [0.25, 0.3) is 0 Å². The number of rotatable bonds is 0. The summed E-state index contributed by atoms with van der Waals surface area (Å²) in [6.07, 6.45) is -1.99. The van der Waals surface area contributed by atoms with E-state index in [4.69, 9.17) is 0 Å². The van der Waals surface area contributed by atoms with Crippen molar-refractivity contribution in [3.8, 4) is 0 Å². The Balaban J connectivity index is 0.000000192. The molecule has 0 aliphatic carbocycles. The molecule has 3 aromatic rings. The van der Waals surface area contributed by atoms with E-state index in [1.165, 1.54) is 0 Å². The summed E-state index contributed by atoms with van der Waals surface area (Å²) in [4.78, 5) is 3.69. The maximum absolute atomic E-state index is 10.9. The molecule has 120 valence electrons. The third-order valence-electron chi connectivity index (χ3n) is 2.64. The van der Waals surface area contributed by atoms with Gasteiger partial charge in [0.1, 0.15) is 0 Å². The van der Waals surface area contributed by atoms with Crippen LogP contribution in [0.3, 0.4) is 0 Å². The zero-order valence-corrected chi connectivity index (χ0v) is 11.6. The summed E-state index contributed by atoms with van der Waals surface area (Å²) in [6.45, 7) is 0. The molecule has 0 aliphatic heterocycles. The van der Waals surface area contributed by atoms with Crippen molar-refractivity contribution in [3.63, 3.8) is 0 Å². The van der Waals surface area contributed by atoms with Crippen LogP contribution in [0, 0.1) is 0 Å². The van der Waals surface area contributed by atoms with Crippen molar-refractivity contribution in [2.75, 3.05) is 0 Å². The number of hydrogen-bond acceptors (Lipinski definition) is 2. The summed E-state index contributed by atoms with van der Waals surface area (Å²) < 4.78 is 53.9. The molecule has 8 heteroatoms. The Labute approximate surface area is 130 Å². The van der Waals surface area contributed by atoms with Gasteiger partial charge in [0.15, 0.2) is 0 Å². The topological polar surface area (TPSA) is 25.8 Å². The van der Waals surface area contributed by atoms with E-state index in [1.54, 1.807) is 12.4 Å². The molecular weight excluding hydrogens is 355 g/mol. The minimum Gasteiger partial charge on any atom is -0.254 e. The predicted octanol–water partition coefficient (Wildman–Crippen LogP) is 4.47. The quantitative estimate of drug-likeness (QED) is 0.335. The average molecular weight is 363 g/mol. The first kappa shape index (κ1) is 16.6. The first-order valence-electron chi connectivity index (χ1n) is 5.88. The van der Waals surface area contributed by atoms with Gasteiger partial charge in [0.05, 0.1) is 11.0 Å². The molecule has 0 fully saturated rings. The van der Waals surface area contributed by atoms with Crippen LogP contribution >= 0.6 is 0 Å². The molecular formula is C14H8CuF5N2. The number of nitrogens with zero attached hydrogens (tertiary/aromatic N) is 2. The molecule has 0 saturated heterocycles. The molecule has 0 amide bonds. The number of alkyl halides is 5. The molecule has 0 radical (unpaired) electrons. The van der Waals surface area contributed by atoms with E-state index in [2.05, 4.69) is 50.2 Å². The van der Waals surface area contributed by atoms with Gasteiger partial charge in [-0.3, -0.25) is 9.97 Å². The van der Waals surface area contributed by atoms with Crippen LogP contribution in [-0.2, 0) is 16.0 Å². The van der Waals surface area contributed by atoms with Gasteiger partial charge in [-0.15, -0.1) is 0 Å². The third kappa shape index (κ3) is 3.69. The second-order valence-electron chi connectivity index (χ2n) is 4.16. The summed E-state index contributed by atoms with van der Waals surface area (Å²) in [5.41, 5.74) is 1.95. The average Bonchev–Trinajstić information content (AvgIpc) is 2.46. The molecule has 0 atom stereocenters. The standard InChI is InChI=1S/C12H8N2.C2F5.Cu/c1-3-9-5-6-10-4-2-8-14-12(10)11(9)13-7-1;3-1(4)2(5,6)7;/h1-8H;;. The van der Waals surface area contributed by atoms with Crippen molar-refractivity contribution < 1.29 is 38.0 Å². The van der Waals surface area contributed by atoms with Crippen molar-refractivity contribution in [1.82, 2.24) is 9.97 Å². The molecule has 0 N–H and O–H groups in total. The molecule has 3 rings (SSSR count). The van der Waals surface area contributed by atoms with Gasteiger partial charge in [-0.05, 0) is 12.1 Å². The molecule has 0 bridgehead atoms. The van der Waals surface area contributed by atoms with Crippen LogP contribution in [0.15, 0.2) is 48.8 Å². The summed E-state index contributed by atoms with van der Waals surface area (Å²) in [5, 5.41) is 2.28. The molecule has 1 aromatic carbocycles. The van der Waals surface area contributed by atoms with E-state index >= 15 is 0 Å². The first-order chi connectivity index (χ1) is 10.2. The normalized spacial score (nSPS) is 12.1. The van der Waals surface area contributed by atoms with Crippen LogP contribution in [0.1, 0.15) is 0 Å². The van der Waals surface area contributed by atoms with Crippen LogP contribution in [0.25, 0.3) is 21.8 Å². The largest absolute Gasteiger partial charge is 0.254 e. The fourth-order valence-electron chi connectivity index (χ4n) is 1.68. The van der Waals surface area contributed by atoms with Gasteiger partial charge in [0.2, 0.25) is 0 Å². The minimum absolute atomic E-state index is 0.977. The smallest absolute Gasteiger partial charge is 0.0964 e. The molecule has 0 spiro atoms. The van der Waals surface area contributed by atoms with Crippen molar-refractivity contribution in [3.05, 3.63) is 48.8 Å². The van der Waals surface area contributed by atoms with Crippen LogP contribution in [0.2, 0.25) is 0 Å². The zero-order chi connectivity index (χ0) is 16.4. The van der Waals surface area contributed by atoms with Crippen LogP contribution < -0.4 is 0 Å². The number of halogens is 5. The van der Waals surface area contributed by atoms with Crippen LogP contribution in [0.4, 0.5) is 22.0 Å². The number of aromatic nitrogens is 2. The maximum Gasteiger partial charge on any atom is 0.0964 e. The number of fused-ring (bicyclic) bond motifs is 3. The molecule has 2 aromatic heterocycles. The molecule has 0 saturated carbocycles. The maximum atomic E-state index is 10.9. The van der Waals surface area contributed by atoms with Gasteiger partial charge < -0.3 is 0 Å². The summed E-state index contributed by atoms with van der Waals surface area (Å²) in [5.74, 6) is 0. The van der Waals surface area contributed by atoms with Crippen molar-refractivity contribution in [2.24, 2.45) is 0 Å². The Morgan fingerprint density at radius 1 is 0.727 bits per heavy atom. The molecule has 2 nitrogen and oxygen atoms in total. The Kier molecular flexibility index (Phi) is 4.63. The van der Waals surface area contributed by atoms with E-state index < -0.39 is 11.0 Å². The van der Waals surface area contributed by atoms with Crippen molar-refractivity contribution >= 4 is 21.8 Å². The first-order valence-corrected chi connectivity index (χ1v) is 6.35. The second kappa shape index (κ2) is 6.14. The minimum atomic E-state index is -5.59. The monoisotopic (exact) mass is 362 g/mol. The Morgan fingerprint density at radius 3 is 1.41 bits per heavy atom. The number of hydrogen-bond donors (Lipinski definition) is 0. The van der Waals surface area contributed by atoms with Crippen LogP contribution in [-0.4, -0.2) is 21.0 Å². The zero-order valence-electron chi connectivity index (χ0n) is 10.7. The van der Waals surface area contributed by atoms with E-state index in [0.717, 1.165) is 21.8 Å². The van der Waals surface area contributed by atoms with Crippen molar-refractivity contribution in [1.29, 1.82) is 0 Å². The predicted molar refractivity (Wildman–Crippen MR) is 68.0 cm³/mol. The third-order valence-corrected chi connectivity index (χ3v) is 2.91. The Morgan fingerprint density at radius 2 is 1.09 bits per heavy atom. The van der Waals surface area contributed by atoms with Gasteiger partial charge in [-0.2, -0.15) is 0 Å². The molecule has 2 heterocycles. The number of benzene rings is 1. The molecule has 22 heavy (non-hydrogen) atoms. The molecule has 0 aliphatic rings. The summed E-state index contributed by atoms with van der Waals surface area (Å²) >= 11 is 2.91. The molecule has 0 unspecified atom stereocenters. The summed E-state index contributed by atoms with van der Waals surface area (Å²) in [6, 6.07) is 12.1. The van der Waals surface area contributed by atoms with Crippen molar-refractivity contribution in [2.45, 2.75) is 11.0 Å². The van der Waals surface area contributed by atoms with Gasteiger partial charge in [-0.25, -0.2) is 0 Å². The van der Waals surface area contributed by atoms with E-state index in [-0.39, 0.29) is 0 Å². The fourth-order valence-corrected chi connectivity index (χ4v) is 1.68. The SMILES string of the molecule is FC(F)(F)[C](F)(F)[Cu].c1cnc2c(c1)ccc1cccnc12. The van der Waals surface area contributed by atoms with Crippen LogP contribution in [0.5, 0.6) is 0 Å². The Hall–Kier alpha value is -1.79. The fraction of sp³-hybridized carbons (Fsp3) is 0.143. The van der Waals surface area contributed by atoms with Gasteiger partial charge >= 0.3 is 49.0 Å². The van der Waals surface area contributed by atoms with Gasteiger partial charge in [-0.1, -0.05) is 24.3 Å². The Bertz CT molecular complexity index is 716. The van der Waals surface area contributed by atoms with E-state index in [9.17, 15) is 22.0 Å². The van der Waals surface area contributed by atoms with E-state index in [0.29, 0.717) is 0 Å². The summed E-state index contributed by atoms with van der Waals surface area (Å²) in [7, 11) is 0. The number of pyridine rings is 2. The van der Waals surface area contributed by atoms with Gasteiger partial charge in [0, 0.05) is 23.2 Å². The van der Waals surface area contributed by atoms with E-state index in [1.807, 2.05) is 12.1 Å².